The van der Waals surface area contributed by atoms with Crippen LogP contribution in [-0.2, 0) is 4.74 Å². The second-order valence-electron chi connectivity index (χ2n) is 8.16. The molecule has 4 aromatic rings. The molecule has 170 valence electrons. The lowest BCUT2D eigenvalue weighted by molar-refractivity contribution is -0.0276. The fourth-order valence-electron chi connectivity index (χ4n) is 4.12. The number of likely N-dealkylation sites (tertiary alicyclic amines) is 1. The third-order valence-corrected chi connectivity index (χ3v) is 6.96. The largest absolute Gasteiger partial charge is 0.431 e. The molecular formula is C26H26ClN3O2S. The van der Waals surface area contributed by atoms with Crippen molar-refractivity contribution in [3.05, 3.63) is 89.2 Å². The molecule has 33 heavy (non-hydrogen) atoms. The lowest BCUT2D eigenvalue weighted by atomic mass is 10.0. The molecule has 0 bridgehead atoms. The topological polar surface area (TPSA) is 51.4 Å². The molecule has 1 aliphatic rings. The first kappa shape index (κ1) is 22.4. The number of pyridine rings is 1. The molecule has 1 unspecified atom stereocenters. The molecular weight excluding hydrogens is 454 g/mol. The lowest BCUT2D eigenvalue weighted by Gasteiger charge is -2.33. The molecule has 1 atom stereocenters. The van der Waals surface area contributed by atoms with E-state index in [4.69, 9.17) is 20.8 Å². The Morgan fingerprint density at radius 1 is 1.03 bits per heavy atom. The second-order valence-corrected chi connectivity index (χ2v) is 9.64. The summed E-state index contributed by atoms with van der Waals surface area (Å²) in [5.74, 6) is 0.958. The summed E-state index contributed by atoms with van der Waals surface area (Å²) in [5.41, 5.74) is 3.77. The maximum absolute atomic E-state index is 6.60. The molecule has 0 spiro atoms. The van der Waals surface area contributed by atoms with Crippen molar-refractivity contribution >= 4 is 34.5 Å². The van der Waals surface area contributed by atoms with E-state index in [2.05, 4.69) is 14.9 Å². The van der Waals surface area contributed by atoms with Crippen molar-refractivity contribution < 1.29 is 9.15 Å². The zero-order valence-corrected chi connectivity index (χ0v) is 19.8. The van der Waals surface area contributed by atoms with Gasteiger partial charge in [-0.05, 0) is 54.8 Å². The number of para-hydroxylation sites is 2. The first-order valence-corrected chi connectivity index (χ1v) is 12.6. The maximum atomic E-state index is 6.60. The fraction of sp³-hybridized carbons (Fsp3) is 0.308. The Bertz CT molecular complexity index is 1130. The second kappa shape index (κ2) is 10.7. The summed E-state index contributed by atoms with van der Waals surface area (Å²) in [5, 5.41) is 1.47. The minimum atomic E-state index is -0.185. The molecule has 0 aliphatic carbocycles. The molecule has 3 heterocycles. The van der Waals surface area contributed by atoms with Gasteiger partial charge >= 0.3 is 0 Å². The number of hydrogen-bond donors (Lipinski definition) is 0. The van der Waals surface area contributed by atoms with E-state index in [0.717, 1.165) is 70.8 Å². The highest BCUT2D eigenvalue weighted by molar-refractivity contribution is 7.99. The van der Waals surface area contributed by atoms with Gasteiger partial charge in [0.2, 0.25) is 0 Å². The molecule has 1 saturated heterocycles. The number of ether oxygens (including phenoxy) is 1. The van der Waals surface area contributed by atoms with Gasteiger partial charge in [-0.2, -0.15) is 0 Å². The van der Waals surface area contributed by atoms with E-state index in [1.165, 1.54) is 0 Å². The van der Waals surface area contributed by atoms with Crippen LogP contribution in [0.15, 0.2) is 82.6 Å². The molecule has 0 saturated carbocycles. The van der Waals surface area contributed by atoms with E-state index < -0.39 is 0 Å². The van der Waals surface area contributed by atoms with Crippen molar-refractivity contribution in [2.45, 2.75) is 30.3 Å². The Kier molecular flexibility index (Phi) is 7.27. The Morgan fingerprint density at radius 2 is 1.82 bits per heavy atom. The zero-order valence-electron chi connectivity index (χ0n) is 18.3. The quantitative estimate of drug-likeness (QED) is 0.279. The van der Waals surface area contributed by atoms with Gasteiger partial charge in [-0.25, -0.2) is 4.98 Å². The smallest absolute Gasteiger partial charge is 0.256 e. The third-order valence-electron chi connectivity index (χ3n) is 5.90. The Morgan fingerprint density at radius 3 is 2.58 bits per heavy atom. The average Bonchev–Trinajstić information content (AvgIpc) is 3.28. The first-order chi connectivity index (χ1) is 16.2. The van der Waals surface area contributed by atoms with Crippen LogP contribution in [0.1, 0.15) is 30.2 Å². The number of rotatable bonds is 8. The molecule has 7 heteroatoms. The first-order valence-electron chi connectivity index (χ1n) is 11.3. The van der Waals surface area contributed by atoms with E-state index >= 15 is 0 Å². The van der Waals surface area contributed by atoms with Crippen molar-refractivity contribution in [2.75, 3.05) is 25.4 Å². The van der Waals surface area contributed by atoms with Gasteiger partial charge in [0.1, 0.15) is 11.6 Å². The summed E-state index contributed by atoms with van der Waals surface area (Å²) in [6.07, 6.45) is 3.84. The van der Waals surface area contributed by atoms with Crippen molar-refractivity contribution in [3.63, 3.8) is 0 Å². The molecule has 1 aliphatic heterocycles. The van der Waals surface area contributed by atoms with Crippen LogP contribution in [0.5, 0.6) is 0 Å². The Balaban J connectivity index is 1.14. The molecule has 0 radical (unpaired) electrons. The summed E-state index contributed by atoms with van der Waals surface area (Å²) >= 11 is 7.78. The number of piperidine rings is 1. The van der Waals surface area contributed by atoms with E-state index in [1.54, 1.807) is 11.8 Å². The summed E-state index contributed by atoms with van der Waals surface area (Å²) in [6.45, 7) is 3.06. The van der Waals surface area contributed by atoms with Gasteiger partial charge in [0.05, 0.1) is 11.8 Å². The van der Waals surface area contributed by atoms with Crippen LogP contribution < -0.4 is 0 Å². The minimum absolute atomic E-state index is 0.185. The predicted molar refractivity (Wildman–Crippen MR) is 133 cm³/mol. The SMILES string of the molecule is Clc1ccc(C(OC2CCN(CCSc3nc4ccccc4o3)CC2)c2ccccn2)cc1. The van der Waals surface area contributed by atoms with Crippen LogP contribution in [0.25, 0.3) is 11.1 Å². The van der Waals surface area contributed by atoms with E-state index in [0.29, 0.717) is 0 Å². The summed E-state index contributed by atoms with van der Waals surface area (Å²) < 4.78 is 12.4. The van der Waals surface area contributed by atoms with Gasteiger partial charge in [0.25, 0.3) is 5.22 Å². The Labute approximate surface area is 203 Å². The van der Waals surface area contributed by atoms with Crippen LogP contribution in [0.4, 0.5) is 0 Å². The third kappa shape index (κ3) is 5.76. The monoisotopic (exact) mass is 479 g/mol. The van der Waals surface area contributed by atoms with Gasteiger partial charge in [-0.1, -0.05) is 53.7 Å². The van der Waals surface area contributed by atoms with E-state index in [1.807, 2.05) is 72.9 Å². The highest BCUT2D eigenvalue weighted by Crippen LogP contribution is 2.30. The summed E-state index contributed by atoms with van der Waals surface area (Å²) in [6, 6.07) is 21.7. The van der Waals surface area contributed by atoms with Crippen LogP contribution in [0.2, 0.25) is 5.02 Å². The van der Waals surface area contributed by atoms with Crippen molar-refractivity contribution in [1.29, 1.82) is 0 Å². The molecule has 0 amide bonds. The lowest BCUT2D eigenvalue weighted by Crippen LogP contribution is -2.38. The van der Waals surface area contributed by atoms with Crippen molar-refractivity contribution in [3.8, 4) is 0 Å². The molecule has 1 fully saturated rings. The maximum Gasteiger partial charge on any atom is 0.256 e. The highest BCUT2D eigenvalue weighted by atomic mass is 35.5. The molecule has 2 aromatic heterocycles. The molecule has 2 aromatic carbocycles. The highest BCUT2D eigenvalue weighted by Gasteiger charge is 2.25. The molecule has 0 N–H and O–H groups in total. The van der Waals surface area contributed by atoms with Crippen molar-refractivity contribution in [1.82, 2.24) is 14.9 Å². The van der Waals surface area contributed by atoms with E-state index in [9.17, 15) is 0 Å². The van der Waals surface area contributed by atoms with Gasteiger partial charge in [-0.3, -0.25) is 4.98 Å². The standard InChI is InChI=1S/C26H26ClN3O2S/c27-20-10-8-19(9-11-20)25(23-6-3-4-14-28-23)31-21-12-15-30(16-13-21)17-18-33-26-29-22-5-1-2-7-24(22)32-26/h1-11,14,21,25H,12-13,15-18H2. The zero-order chi connectivity index (χ0) is 22.5. The molecule has 5 rings (SSSR count). The normalized spacial score (nSPS) is 16.3. The summed E-state index contributed by atoms with van der Waals surface area (Å²) in [7, 11) is 0. The van der Waals surface area contributed by atoms with Gasteiger partial charge in [0, 0.05) is 36.6 Å². The number of aromatic nitrogens is 2. The summed E-state index contributed by atoms with van der Waals surface area (Å²) in [4.78, 5) is 11.6. The number of fused-ring (bicyclic) bond motifs is 1. The Hall–Kier alpha value is -2.38. The predicted octanol–water partition coefficient (Wildman–Crippen LogP) is 6.24. The van der Waals surface area contributed by atoms with Crippen LogP contribution >= 0.6 is 23.4 Å². The van der Waals surface area contributed by atoms with Crippen LogP contribution in [0, 0.1) is 0 Å². The fourth-order valence-corrected chi connectivity index (χ4v) is 5.09. The van der Waals surface area contributed by atoms with Gasteiger partial charge < -0.3 is 14.1 Å². The van der Waals surface area contributed by atoms with Crippen molar-refractivity contribution in [2.24, 2.45) is 0 Å². The number of hydrogen-bond acceptors (Lipinski definition) is 6. The minimum Gasteiger partial charge on any atom is -0.431 e. The molecule has 5 nitrogen and oxygen atoms in total. The van der Waals surface area contributed by atoms with Gasteiger partial charge in [-0.15, -0.1) is 0 Å². The van der Waals surface area contributed by atoms with Crippen LogP contribution in [-0.4, -0.2) is 46.4 Å². The number of nitrogens with zero attached hydrogens (tertiary/aromatic N) is 3. The number of halogens is 1. The number of benzene rings is 2. The number of oxazole rings is 1. The van der Waals surface area contributed by atoms with Crippen LogP contribution in [0.3, 0.4) is 0 Å². The van der Waals surface area contributed by atoms with Gasteiger partial charge in [0.15, 0.2) is 5.58 Å². The number of thioether (sulfide) groups is 1. The average molecular weight is 480 g/mol. The van der Waals surface area contributed by atoms with E-state index in [-0.39, 0.29) is 12.2 Å².